The second-order valence-electron chi connectivity index (χ2n) is 8.30. The van der Waals surface area contributed by atoms with Crippen LogP contribution in [-0.2, 0) is 11.2 Å². The van der Waals surface area contributed by atoms with E-state index in [-0.39, 0.29) is 17.8 Å². The average Bonchev–Trinajstić information content (AvgIpc) is 3.36. The summed E-state index contributed by atoms with van der Waals surface area (Å²) >= 11 is 0. The molecule has 2 atom stereocenters. The standard InChI is InChI=1S/C23H26FN5O3/c1-2-25-23(31)29-22-27-15-10-14(13-9-12-6-7-16(30)20(12)26-11-13)19(24)18(21(15)28-22)17-5-3-4-8-32-17/h9-11,16-17,30H,2-8H2,1H3,(H3,25,27,28,29,31). The number of urea groups is 1. The number of aliphatic hydroxyl groups is 1. The van der Waals surface area contributed by atoms with Crippen LogP contribution in [-0.4, -0.2) is 39.2 Å². The highest BCUT2D eigenvalue weighted by Gasteiger charge is 2.28. The number of aromatic amines is 1. The number of amides is 2. The van der Waals surface area contributed by atoms with Gasteiger partial charge in [-0.25, -0.2) is 14.2 Å². The van der Waals surface area contributed by atoms with Crippen molar-refractivity contribution < 1.29 is 19.0 Å². The third-order valence-electron chi connectivity index (χ3n) is 6.13. The van der Waals surface area contributed by atoms with Gasteiger partial charge in [-0.3, -0.25) is 10.3 Å². The molecule has 1 aromatic carbocycles. The lowest BCUT2D eigenvalue weighted by atomic mass is 9.94. The maximum absolute atomic E-state index is 16.0. The van der Waals surface area contributed by atoms with Crippen molar-refractivity contribution in [3.8, 4) is 11.1 Å². The molecule has 9 heteroatoms. The number of aliphatic hydroxyl groups excluding tert-OH is 1. The van der Waals surface area contributed by atoms with Gasteiger partial charge in [0, 0.05) is 36.0 Å². The second-order valence-corrected chi connectivity index (χ2v) is 8.30. The van der Waals surface area contributed by atoms with Crippen molar-refractivity contribution in [3.63, 3.8) is 0 Å². The minimum Gasteiger partial charge on any atom is -0.387 e. The number of fused-ring (bicyclic) bond motifs is 2. The van der Waals surface area contributed by atoms with Gasteiger partial charge in [-0.1, -0.05) is 0 Å². The van der Waals surface area contributed by atoms with E-state index in [9.17, 15) is 9.90 Å². The number of carbonyl (C=O) groups is 1. The third-order valence-corrected chi connectivity index (χ3v) is 6.13. The second kappa shape index (κ2) is 8.48. The molecule has 0 radical (unpaired) electrons. The van der Waals surface area contributed by atoms with Gasteiger partial charge >= 0.3 is 6.03 Å². The molecule has 2 aromatic heterocycles. The van der Waals surface area contributed by atoms with E-state index in [2.05, 4.69) is 25.6 Å². The van der Waals surface area contributed by atoms with Gasteiger partial charge in [-0.15, -0.1) is 0 Å². The number of aromatic nitrogens is 3. The molecule has 1 aliphatic carbocycles. The fourth-order valence-electron chi connectivity index (χ4n) is 4.59. The summed E-state index contributed by atoms with van der Waals surface area (Å²) < 4.78 is 21.9. The molecule has 0 saturated carbocycles. The molecule has 3 heterocycles. The van der Waals surface area contributed by atoms with Crippen LogP contribution in [0.2, 0.25) is 0 Å². The molecule has 1 aliphatic heterocycles. The Morgan fingerprint density at radius 1 is 1.34 bits per heavy atom. The summed E-state index contributed by atoms with van der Waals surface area (Å²) in [4.78, 5) is 23.9. The number of imidazole rings is 1. The van der Waals surface area contributed by atoms with Crippen molar-refractivity contribution in [1.29, 1.82) is 0 Å². The van der Waals surface area contributed by atoms with Crippen molar-refractivity contribution in [2.45, 2.75) is 51.2 Å². The number of rotatable bonds is 4. The van der Waals surface area contributed by atoms with Crippen molar-refractivity contribution in [3.05, 3.63) is 41.0 Å². The van der Waals surface area contributed by atoms with Gasteiger partial charge in [-0.2, -0.15) is 0 Å². The number of carbonyl (C=O) groups excluding carboxylic acids is 1. The zero-order chi connectivity index (χ0) is 22.2. The monoisotopic (exact) mass is 439 g/mol. The quantitative estimate of drug-likeness (QED) is 0.488. The zero-order valence-corrected chi connectivity index (χ0v) is 17.9. The predicted molar refractivity (Wildman–Crippen MR) is 118 cm³/mol. The Balaban J connectivity index is 1.63. The Morgan fingerprint density at radius 2 is 2.22 bits per heavy atom. The number of anilines is 1. The fourth-order valence-corrected chi connectivity index (χ4v) is 4.59. The summed E-state index contributed by atoms with van der Waals surface area (Å²) in [6.45, 7) is 2.87. The number of nitrogens with zero attached hydrogens (tertiary/aromatic N) is 2. The minimum atomic E-state index is -0.562. The molecule has 0 bridgehead atoms. The van der Waals surface area contributed by atoms with Gasteiger partial charge in [0.2, 0.25) is 5.95 Å². The first-order valence-electron chi connectivity index (χ1n) is 11.1. The first kappa shape index (κ1) is 20.8. The van der Waals surface area contributed by atoms with Gasteiger partial charge in [0.15, 0.2) is 0 Å². The number of hydrogen-bond donors (Lipinski definition) is 4. The Bertz CT molecular complexity index is 1170. The van der Waals surface area contributed by atoms with E-state index < -0.39 is 12.2 Å². The molecule has 168 valence electrons. The summed E-state index contributed by atoms with van der Waals surface area (Å²) in [6.07, 6.45) is 4.58. The first-order chi connectivity index (χ1) is 15.5. The van der Waals surface area contributed by atoms with Crippen LogP contribution in [0.3, 0.4) is 0 Å². The molecule has 2 unspecified atom stereocenters. The smallest absolute Gasteiger partial charge is 0.321 e. The van der Waals surface area contributed by atoms with Crippen LogP contribution in [0.15, 0.2) is 18.3 Å². The fraction of sp³-hybridized carbons (Fsp3) is 0.435. The predicted octanol–water partition coefficient (Wildman–Crippen LogP) is 4.13. The number of benzene rings is 1. The Kier molecular flexibility index (Phi) is 5.52. The molecule has 2 amide bonds. The van der Waals surface area contributed by atoms with Crippen LogP contribution in [0.1, 0.15) is 61.6 Å². The lowest BCUT2D eigenvalue weighted by molar-refractivity contribution is 0.0138. The molecule has 1 saturated heterocycles. The van der Waals surface area contributed by atoms with Crippen molar-refractivity contribution in [2.75, 3.05) is 18.5 Å². The van der Waals surface area contributed by atoms with Gasteiger partial charge < -0.3 is 20.1 Å². The first-order valence-corrected chi connectivity index (χ1v) is 11.1. The molecular formula is C23H26FN5O3. The molecule has 5 rings (SSSR count). The highest BCUT2D eigenvalue weighted by Crippen LogP contribution is 2.40. The zero-order valence-electron chi connectivity index (χ0n) is 17.9. The molecule has 4 N–H and O–H groups in total. The number of pyridine rings is 1. The van der Waals surface area contributed by atoms with E-state index in [1.165, 1.54) is 0 Å². The summed E-state index contributed by atoms with van der Waals surface area (Å²) in [6, 6.07) is 3.21. The number of nitrogens with one attached hydrogen (secondary N) is 3. The van der Waals surface area contributed by atoms with Gasteiger partial charge in [-0.05, 0) is 56.7 Å². The number of aryl methyl sites for hydroxylation is 1. The number of ether oxygens (including phenoxy) is 1. The van der Waals surface area contributed by atoms with Crippen LogP contribution >= 0.6 is 0 Å². The Morgan fingerprint density at radius 3 is 3.00 bits per heavy atom. The summed E-state index contributed by atoms with van der Waals surface area (Å²) in [5.74, 6) is -0.143. The van der Waals surface area contributed by atoms with Crippen molar-refractivity contribution >= 4 is 23.0 Å². The molecule has 32 heavy (non-hydrogen) atoms. The topological polar surface area (TPSA) is 112 Å². The Hall–Kier alpha value is -3.04. The van der Waals surface area contributed by atoms with Crippen LogP contribution in [0, 0.1) is 5.82 Å². The highest BCUT2D eigenvalue weighted by molar-refractivity contribution is 5.92. The minimum absolute atomic E-state index is 0.245. The molecule has 1 fully saturated rings. The van der Waals surface area contributed by atoms with Gasteiger partial charge in [0.05, 0.1) is 28.9 Å². The number of hydrogen-bond acceptors (Lipinski definition) is 5. The molecule has 0 spiro atoms. The molecular weight excluding hydrogens is 413 g/mol. The van der Waals surface area contributed by atoms with E-state index >= 15 is 4.39 Å². The van der Waals surface area contributed by atoms with E-state index in [1.54, 1.807) is 12.3 Å². The van der Waals surface area contributed by atoms with Crippen LogP contribution in [0.25, 0.3) is 22.2 Å². The van der Waals surface area contributed by atoms with Crippen molar-refractivity contribution in [1.82, 2.24) is 20.3 Å². The van der Waals surface area contributed by atoms with E-state index in [0.717, 1.165) is 18.4 Å². The SMILES string of the molecule is CCNC(=O)Nc1nc2c(C3CCCCO3)c(F)c(-c3cnc4c(c3)CCC4O)cc2[nH]1. The van der Waals surface area contributed by atoms with Crippen LogP contribution in [0.4, 0.5) is 15.1 Å². The van der Waals surface area contributed by atoms with Gasteiger partial charge in [0.25, 0.3) is 0 Å². The Labute approximate surface area is 184 Å². The maximum Gasteiger partial charge on any atom is 0.321 e. The van der Waals surface area contributed by atoms with E-state index in [4.69, 9.17) is 4.74 Å². The lowest BCUT2D eigenvalue weighted by Gasteiger charge is -2.24. The summed E-state index contributed by atoms with van der Waals surface area (Å²) in [7, 11) is 0. The molecule has 8 nitrogen and oxygen atoms in total. The van der Waals surface area contributed by atoms with Crippen molar-refractivity contribution in [2.24, 2.45) is 0 Å². The molecule has 2 aliphatic rings. The average molecular weight is 439 g/mol. The number of H-pyrrole nitrogens is 1. The highest BCUT2D eigenvalue weighted by atomic mass is 19.1. The largest absolute Gasteiger partial charge is 0.387 e. The number of halogens is 1. The van der Waals surface area contributed by atoms with Crippen LogP contribution in [0.5, 0.6) is 0 Å². The maximum atomic E-state index is 16.0. The third kappa shape index (κ3) is 3.71. The molecule has 3 aromatic rings. The normalized spacial score (nSPS) is 20.3. The van der Waals surface area contributed by atoms with Gasteiger partial charge in [0.1, 0.15) is 5.82 Å². The lowest BCUT2D eigenvalue weighted by Crippen LogP contribution is -2.28. The summed E-state index contributed by atoms with van der Waals surface area (Å²) in [5.41, 5.74) is 4.10. The van der Waals surface area contributed by atoms with E-state index in [0.29, 0.717) is 65.8 Å². The van der Waals surface area contributed by atoms with Crippen LogP contribution < -0.4 is 10.6 Å². The summed E-state index contributed by atoms with van der Waals surface area (Å²) in [5, 5.41) is 15.4. The van der Waals surface area contributed by atoms with E-state index in [1.807, 2.05) is 13.0 Å².